The lowest BCUT2D eigenvalue weighted by atomic mass is 9.98. The summed E-state index contributed by atoms with van der Waals surface area (Å²) < 4.78 is 6.81. The quantitative estimate of drug-likeness (QED) is 0.790. The highest BCUT2D eigenvalue weighted by Crippen LogP contribution is 2.25. The first-order chi connectivity index (χ1) is 9.99. The lowest BCUT2D eigenvalue weighted by Gasteiger charge is -2.13. The van der Waals surface area contributed by atoms with Gasteiger partial charge in [0.2, 0.25) is 0 Å². The van der Waals surface area contributed by atoms with Crippen molar-refractivity contribution in [2.75, 3.05) is 20.3 Å². The van der Waals surface area contributed by atoms with Crippen molar-refractivity contribution >= 4 is 11.3 Å². The van der Waals surface area contributed by atoms with Gasteiger partial charge < -0.3 is 10.1 Å². The highest BCUT2D eigenvalue weighted by Gasteiger charge is 2.18. The van der Waals surface area contributed by atoms with Crippen LogP contribution in [0.3, 0.4) is 0 Å². The maximum atomic E-state index is 4.98. The van der Waals surface area contributed by atoms with Gasteiger partial charge in [-0.25, -0.2) is 9.67 Å². The summed E-state index contributed by atoms with van der Waals surface area (Å²) in [5.41, 5.74) is 2.06. The summed E-state index contributed by atoms with van der Waals surface area (Å²) in [6.07, 6.45) is 1.95. The van der Waals surface area contributed by atoms with Crippen LogP contribution in [0.4, 0.5) is 0 Å². The Kier molecular flexibility index (Phi) is 5.44. The molecule has 21 heavy (non-hydrogen) atoms. The second-order valence-corrected chi connectivity index (χ2v) is 6.83. The van der Waals surface area contributed by atoms with Crippen LogP contribution in [0, 0.1) is 0 Å². The van der Waals surface area contributed by atoms with E-state index in [1.165, 1.54) is 0 Å². The van der Waals surface area contributed by atoms with Gasteiger partial charge in [-0.2, -0.15) is 0 Å². The molecule has 0 aliphatic carbocycles. The average molecular weight is 309 g/mol. The Morgan fingerprint density at radius 1 is 1.33 bits per heavy atom. The van der Waals surface area contributed by atoms with E-state index in [0.29, 0.717) is 19.7 Å². The van der Waals surface area contributed by atoms with E-state index in [-0.39, 0.29) is 5.41 Å². The van der Waals surface area contributed by atoms with Crippen molar-refractivity contribution in [1.82, 2.24) is 25.3 Å². The topological polar surface area (TPSA) is 64.9 Å². The first-order valence-electron chi connectivity index (χ1n) is 7.02. The molecule has 0 saturated heterocycles. The fourth-order valence-corrected chi connectivity index (χ4v) is 2.68. The molecule has 0 radical (unpaired) electrons. The molecular formula is C14H23N5OS. The predicted octanol–water partition coefficient (Wildman–Crippen LogP) is 1.82. The van der Waals surface area contributed by atoms with E-state index in [9.17, 15) is 0 Å². The number of aromatic nitrogens is 4. The molecule has 0 aliphatic rings. The number of methoxy groups -OCH3 is 1. The molecule has 6 nitrogen and oxygen atoms in total. The minimum atomic E-state index is 0.0989. The Morgan fingerprint density at radius 3 is 2.81 bits per heavy atom. The van der Waals surface area contributed by atoms with Gasteiger partial charge in [-0.3, -0.25) is 0 Å². The first-order valence-corrected chi connectivity index (χ1v) is 7.90. The number of rotatable bonds is 7. The van der Waals surface area contributed by atoms with E-state index in [1.807, 2.05) is 10.9 Å². The van der Waals surface area contributed by atoms with Crippen LogP contribution >= 0.6 is 11.3 Å². The van der Waals surface area contributed by atoms with Crippen molar-refractivity contribution in [3.63, 3.8) is 0 Å². The summed E-state index contributed by atoms with van der Waals surface area (Å²) in [4.78, 5) is 4.67. The maximum Gasteiger partial charge on any atom is 0.0982 e. The van der Waals surface area contributed by atoms with Gasteiger partial charge in [-0.15, -0.1) is 16.4 Å². The molecule has 0 atom stereocenters. The monoisotopic (exact) mass is 309 g/mol. The molecule has 0 aromatic carbocycles. The van der Waals surface area contributed by atoms with Gasteiger partial charge in [0.25, 0.3) is 0 Å². The Balaban J connectivity index is 1.89. The maximum absolute atomic E-state index is 4.98. The predicted molar refractivity (Wildman–Crippen MR) is 83.5 cm³/mol. The Hall–Kier alpha value is -1.31. The molecule has 1 N–H and O–H groups in total. The molecule has 0 fully saturated rings. The van der Waals surface area contributed by atoms with E-state index in [2.05, 4.69) is 46.8 Å². The van der Waals surface area contributed by atoms with Crippen molar-refractivity contribution in [3.8, 4) is 0 Å². The average Bonchev–Trinajstić information content (AvgIpc) is 3.04. The summed E-state index contributed by atoms with van der Waals surface area (Å²) in [5.74, 6) is 0. The lowest BCUT2D eigenvalue weighted by Crippen LogP contribution is -2.18. The van der Waals surface area contributed by atoms with Crippen LogP contribution in [0.25, 0.3) is 0 Å². The fourth-order valence-electron chi connectivity index (χ4n) is 1.78. The van der Waals surface area contributed by atoms with E-state index in [4.69, 9.17) is 4.74 Å². The van der Waals surface area contributed by atoms with E-state index >= 15 is 0 Å². The van der Waals surface area contributed by atoms with Crippen LogP contribution in [-0.4, -0.2) is 40.2 Å². The summed E-state index contributed by atoms with van der Waals surface area (Å²) in [7, 11) is 1.69. The molecule has 0 unspecified atom stereocenters. The third kappa shape index (κ3) is 4.87. The zero-order valence-electron chi connectivity index (χ0n) is 13.1. The molecule has 2 rings (SSSR count). The number of nitrogens with one attached hydrogen (secondary N) is 1. The molecule has 2 aromatic rings. The number of ether oxygens (including phenoxy) is 1. The van der Waals surface area contributed by atoms with Crippen LogP contribution in [0.5, 0.6) is 0 Å². The molecule has 0 saturated carbocycles. The van der Waals surface area contributed by atoms with Gasteiger partial charge in [0.15, 0.2) is 0 Å². The standard InChI is InChI=1S/C14H23N5OS/c1-14(2,3)13-16-12(10-21-13)9-19-8-11(17-18-19)7-15-5-6-20-4/h8,10,15H,5-7,9H2,1-4H3. The Bertz CT molecular complexity index is 558. The molecule has 0 spiro atoms. The SMILES string of the molecule is COCCNCc1cn(Cc2csc(C(C)(C)C)n2)nn1. The largest absolute Gasteiger partial charge is 0.383 e. The van der Waals surface area contributed by atoms with E-state index < -0.39 is 0 Å². The molecular weight excluding hydrogens is 286 g/mol. The second kappa shape index (κ2) is 7.11. The summed E-state index contributed by atoms with van der Waals surface area (Å²) in [6, 6.07) is 0. The number of hydrogen-bond donors (Lipinski definition) is 1. The zero-order chi connectivity index (χ0) is 15.3. The Morgan fingerprint density at radius 2 is 2.14 bits per heavy atom. The van der Waals surface area contributed by atoms with Crippen LogP contribution in [0.2, 0.25) is 0 Å². The highest BCUT2D eigenvalue weighted by molar-refractivity contribution is 7.09. The number of hydrogen-bond acceptors (Lipinski definition) is 6. The van der Waals surface area contributed by atoms with Crippen molar-refractivity contribution < 1.29 is 4.74 Å². The molecule has 2 aromatic heterocycles. The van der Waals surface area contributed by atoms with Gasteiger partial charge in [0, 0.05) is 31.0 Å². The highest BCUT2D eigenvalue weighted by atomic mass is 32.1. The third-order valence-electron chi connectivity index (χ3n) is 2.89. The van der Waals surface area contributed by atoms with Crippen LogP contribution < -0.4 is 5.32 Å². The second-order valence-electron chi connectivity index (χ2n) is 5.97. The van der Waals surface area contributed by atoms with Crippen molar-refractivity contribution in [3.05, 3.63) is 28.0 Å². The van der Waals surface area contributed by atoms with Gasteiger partial charge in [-0.1, -0.05) is 26.0 Å². The van der Waals surface area contributed by atoms with Crippen molar-refractivity contribution in [2.24, 2.45) is 0 Å². The molecule has 116 valence electrons. The molecule has 7 heteroatoms. The van der Waals surface area contributed by atoms with Gasteiger partial charge in [0.1, 0.15) is 0 Å². The molecule has 0 amide bonds. The summed E-state index contributed by atoms with van der Waals surface area (Å²) >= 11 is 1.70. The molecule has 0 bridgehead atoms. The normalized spacial score (nSPS) is 12.0. The van der Waals surface area contributed by atoms with E-state index in [1.54, 1.807) is 18.4 Å². The molecule has 0 aliphatic heterocycles. The van der Waals surface area contributed by atoms with Crippen molar-refractivity contribution in [1.29, 1.82) is 0 Å². The third-order valence-corrected chi connectivity index (χ3v) is 4.21. The number of nitrogens with zero attached hydrogens (tertiary/aromatic N) is 4. The lowest BCUT2D eigenvalue weighted by molar-refractivity contribution is 0.199. The fraction of sp³-hybridized carbons (Fsp3) is 0.643. The van der Waals surface area contributed by atoms with Gasteiger partial charge in [-0.05, 0) is 0 Å². The van der Waals surface area contributed by atoms with Crippen molar-refractivity contribution in [2.45, 2.75) is 39.3 Å². The summed E-state index contributed by atoms with van der Waals surface area (Å²) in [6.45, 7) is 9.40. The Labute approximate surface area is 129 Å². The first kappa shape index (κ1) is 16.1. The zero-order valence-corrected chi connectivity index (χ0v) is 13.9. The van der Waals surface area contributed by atoms with Crippen LogP contribution in [-0.2, 0) is 23.2 Å². The minimum Gasteiger partial charge on any atom is -0.383 e. The summed E-state index contributed by atoms with van der Waals surface area (Å²) in [5, 5.41) is 14.8. The smallest absolute Gasteiger partial charge is 0.0982 e. The number of thiazole rings is 1. The minimum absolute atomic E-state index is 0.0989. The van der Waals surface area contributed by atoms with Gasteiger partial charge in [0.05, 0.1) is 35.7 Å². The van der Waals surface area contributed by atoms with Crippen LogP contribution in [0.1, 0.15) is 37.2 Å². The van der Waals surface area contributed by atoms with Gasteiger partial charge >= 0.3 is 0 Å². The van der Waals surface area contributed by atoms with E-state index in [0.717, 1.165) is 22.9 Å². The molecule has 2 heterocycles. The van der Waals surface area contributed by atoms with Crippen LogP contribution in [0.15, 0.2) is 11.6 Å².